The molecule has 0 bridgehead atoms. The highest BCUT2D eigenvalue weighted by Crippen LogP contribution is 2.38. The lowest BCUT2D eigenvalue weighted by Crippen LogP contribution is -2.46. The molecule has 0 saturated carbocycles. The van der Waals surface area contributed by atoms with E-state index in [0.29, 0.717) is 19.3 Å². The molecule has 5 unspecified atom stereocenters. The molecule has 0 aliphatic carbocycles. The summed E-state index contributed by atoms with van der Waals surface area (Å²) in [6, 6.07) is 8.29. The monoisotopic (exact) mass is 530 g/mol. The Morgan fingerprint density at radius 1 is 0.895 bits per heavy atom. The number of rotatable bonds is 6. The van der Waals surface area contributed by atoms with Gasteiger partial charge in [-0.05, 0) is 50.1 Å². The zero-order valence-electron chi connectivity index (χ0n) is 20.6. The van der Waals surface area contributed by atoms with E-state index in [2.05, 4.69) is 0 Å². The van der Waals surface area contributed by atoms with Crippen LogP contribution in [0.3, 0.4) is 0 Å². The van der Waals surface area contributed by atoms with Crippen molar-refractivity contribution < 1.29 is 48.9 Å². The van der Waals surface area contributed by atoms with Gasteiger partial charge < -0.3 is 48.9 Å². The van der Waals surface area contributed by atoms with Gasteiger partial charge in [-0.25, -0.2) is 0 Å². The Labute approximate surface area is 217 Å². The van der Waals surface area contributed by atoms with Gasteiger partial charge in [0.2, 0.25) is 17.5 Å². The van der Waals surface area contributed by atoms with E-state index in [4.69, 9.17) is 23.4 Å². The quantitative estimate of drug-likeness (QED) is 0.297. The lowest BCUT2D eigenvalue weighted by Gasteiger charge is -2.36. The summed E-state index contributed by atoms with van der Waals surface area (Å²) in [7, 11) is 0. The van der Waals surface area contributed by atoms with Crippen LogP contribution >= 0.6 is 0 Å². The largest absolute Gasteiger partial charge is 0.507 e. The second kappa shape index (κ2) is 10.8. The van der Waals surface area contributed by atoms with E-state index in [-0.39, 0.29) is 58.7 Å². The molecular weight excluding hydrogens is 500 g/mol. The third-order valence-corrected chi connectivity index (χ3v) is 6.85. The smallest absolute Gasteiger partial charge is 0.239 e. The Hall–Kier alpha value is -3.35. The second-order valence-corrected chi connectivity index (χ2v) is 9.56. The molecule has 3 heterocycles. The summed E-state index contributed by atoms with van der Waals surface area (Å²) >= 11 is 0. The van der Waals surface area contributed by atoms with Crippen molar-refractivity contribution >= 4 is 11.0 Å². The number of hydrogen-bond acceptors (Lipinski definition) is 11. The van der Waals surface area contributed by atoms with Crippen molar-refractivity contribution in [2.45, 2.75) is 69.6 Å². The van der Waals surface area contributed by atoms with Gasteiger partial charge in [-0.15, -0.1) is 0 Å². The average Bonchev–Trinajstić information content (AvgIpc) is 2.89. The van der Waals surface area contributed by atoms with E-state index in [1.807, 2.05) is 0 Å². The van der Waals surface area contributed by atoms with Gasteiger partial charge in [0.1, 0.15) is 22.8 Å². The molecule has 38 heavy (non-hydrogen) atoms. The molecule has 5 N–H and O–H groups in total. The number of ether oxygens (including phenoxy) is 4. The van der Waals surface area contributed by atoms with Crippen LogP contribution in [0, 0.1) is 0 Å². The van der Waals surface area contributed by atoms with Crippen molar-refractivity contribution in [3.05, 3.63) is 46.6 Å². The van der Waals surface area contributed by atoms with Crippen molar-refractivity contribution in [2.75, 3.05) is 6.61 Å². The van der Waals surface area contributed by atoms with Crippen LogP contribution in [0.25, 0.3) is 22.3 Å². The molecule has 5 rings (SSSR count). The number of hydrogen-bond donors (Lipinski definition) is 5. The molecule has 11 heteroatoms. The summed E-state index contributed by atoms with van der Waals surface area (Å²) < 4.78 is 29.3. The van der Waals surface area contributed by atoms with Crippen LogP contribution < -0.4 is 10.2 Å². The van der Waals surface area contributed by atoms with Gasteiger partial charge in [-0.1, -0.05) is 6.07 Å². The van der Waals surface area contributed by atoms with Crippen molar-refractivity contribution in [2.24, 2.45) is 0 Å². The highest BCUT2D eigenvalue weighted by Gasteiger charge is 2.35. The number of phenols is 3. The first-order chi connectivity index (χ1) is 18.2. The van der Waals surface area contributed by atoms with Crippen LogP contribution in [0.4, 0.5) is 0 Å². The molecule has 0 amide bonds. The standard InChI is InChI=1S/C27H30O11/c1-13-15(28)7-9-22(35-13)34-12-21-17(30)8-10-23(36-21)38-27-25(33)24-18(31)3-2-4-20(24)37-26(27)14-5-6-16(29)19(32)11-14/h2-6,11,13,15,17,21-23,28-32H,7-10,12H2,1H3/t13-,15?,17?,21?,22?,23?/m1/s1. The minimum Gasteiger partial charge on any atom is -0.507 e. The van der Waals surface area contributed by atoms with Gasteiger partial charge in [0.05, 0.1) is 24.9 Å². The minimum absolute atomic E-state index is 0.000313. The number of aliphatic hydroxyl groups is 2. The Morgan fingerprint density at radius 2 is 1.66 bits per heavy atom. The van der Waals surface area contributed by atoms with Crippen LogP contribution in [0.5, 0.6) is 23.0 Å². The van der Waals surface area contributed by atoms with Crippen LogP contribution in [0.2, 0.25) is 0 Å². The van der Waals surface area contributed by atoms with Gasteiger partial charge in [-0.2, -0.15) is 0 Å². The van der Waals surface area contributed by atoms with E-state index < -0.39 is 42.1 Å². The van der Waals surface area contributed by atoms with Gasteiger partial charge in [0.25, 0.3) is 0 Å². The van der Waals surface area contributed by atoms with Crippen LogP contribution in [-0.2, 0) is 14.2 Å². The predicted molar refractivity (Wildman–Crippen MR) is 133 cm³/mol. The number of phenolic OH excluding ortho intramolecular Hbond substituents is 3. The zero-order chi connectivity index (χ0) is 27.0. The first-order valence-electron chi connectivity index (χ1n) is 12.5. The third kappa shape index (κ3) is 5.29. The normalized spacial score (nSPS) is 27.9. The zero-order valence-corrected chi connectivity index (χ0v) is 20.6. The van der Waals surface area contributed by atoms with Crippen LogP contribution in [-0.4, -0.2) is 69.1 Å². The Bertz CT molecular complexity index is 1350. The molecule has 11 nitrogen and oxygen atoms in total. The third-order valence-electron chi connectivity index (χ3n) is 6.85. The molecule has 0 spiro atoms. The molecule has 6 atom stereocenters. The van der Waals surface area contributed by atoms with E-state index in [9.17, 15) is 30.3 Å². The molecule has 2 fully saturated rings. The highest BCUT2D eigenvalue weighted by molar-refractivity contribution is 5.87. The summed E-state index contributed by atoms with van der Waals surface area (Å²) in [5.41, 5.74) is -0.306. The molecule has 0 radical (unpaired) electrons. The van der Waals surface area contributed by atoms with E-state index in [1.165, 1.54) is 36.4 Å². The van der Waals surface area contributed by atoms with Crippen molar-refractivity contribution in [3.8, 4) is 34.3 Å². The predicted octanol–water partition coefficient (Wildman–Crippen LogP) is 2.72. The van der Waals surface area contributed by atoms with Gasteiger partial charge in [0.15, 0.2) is 23.5 Å². The minimum atomic E-state index is -0.962. The van der Waals surface area contributed by atoms with Crippen LogP contribution in [0.15, 0.2) is 45.6 Å². The first-order valence-corrected chi connectivity index (χ1v) is 12.5. The van der Waals surface area contributed by atoms with Gasteiger partial charge in [-0.3, -0.25) is 4.79 Å². The van der Waals surface area contributed by atoms with E-state index in [1.54, 1.807) is 6.92 Å². The van der Waals surface area contributed by atoms with Gasteiger partial charge >= 0.3 is 0 Å². The number of benzene rings is 2. The number of aromatic hydroxyl groups is 3. The molecule has 2 aliphatic heterocycles. The Morgan fingerprint density at radius 3 is 2.42 bits per heavy atom. The summed E-state index contributed by atoms with van der Waals surface area (Å²) in [5.74, 6) is -1.36. The maximum absolute atomic E-state index is 13.5. The van der Waals surface area contributed by atoms with E-state index in [0.717, 1.165) is 0 Å². The lowest BCUT2D eigenvalue weighted by molar-refractivity contribution is -0.252. The first kappa shape index (κ1) is 26.3. The topological polar surface area (TPSA) is 168 Å². The highest BCUT2D eigenvalue weighted by atomic mass is 16.7. The molecule has 3 aromatic rings. The second-order valence-electron chi connectivity index (χ2n) is 9.56. The molecular formula is C27H30O11. The maximum Gasteiger partial charge on any atom is 0.239 e. The Kier molecular flexibility index (Phi) is 7.46. The number of fused-ring (bicyclic) bond motifs is 1. The molecule has 2 aliphatic rings. The summed E-state index contributed by atoms with van der Waals surface area (Å²) in [6.07, 6.45) is -2.47. The molecule has 2 aromatic carbocycles. The maximum atomic E-state index is 13.5. The van der Waals surface area contributed by atoms with Crippen LogP contribution in [0.1, 0.15) is 32.6 Å². The average molecular weight is 531 g/mol. The number of aliphatic hydroxyl groups excluding tert-OH is 2. The fourth-order valence-electron chi connectivity index (χ4n) is 4.65. The van der Waals surface area contributed by atoms with Crippen molar-refractivity contribution in [1.29, 1.82) is 0 Å². The van der Waals surface area contributed by atoms with Crippen molar-refractivity contribution in [1.82, 2.24) is 0 Å². The summed E-state index contributed by atoms with van der Waals surface area (Å²) in [6.45, 7) is 1.76. The van der Waals surface area contributed by atoms with E-state index >= 15 is 0 Å². The molecule has 2 saturated heterocycles. The molecule has 204 valence electrons. The summed E-state index contributed by atoms with van der Waals surface area (Å²) in [4.78, 5) is 13.5. The van der Waals surface area contributed by atoms with Crippen molar-refractivity contribution in [3.63, 3.8) is 0 Å². The fourth-order valence-corrected chi connectivity index (χ4v) is 4.65. The summed E-state index contributed by atoms with van der Waals surface area (Å²) in [5, 5.41) is 50.3. The fraction of sp³-hybridized carbons (Fsp3) is 0.444. The molecule has 1 aromatic heterocycles. The SMILES string of the molecule is C[C@H]1OC(OCC2OC(Oc3c(-c4ccc(O)c(O)c4)oc4cccc(O)c4c3=O)CCC2O)CCC1O. The van der Waals surface area contributed by atoms with Gasteiger partial charge in [0, 0.05) is 18.4 Å². The Balaban J connectivity index is 1.40. The lowest BCUT2D eigenvalue weighted by atomic mass is 10.0.